The van der Waals surface area contributed by atoms with Crippen LogP contribution in [0.4, 0.5) is 0 Å². The molecule has 0 spiro atoms. The Morgan fingerprint density at radius 2 is 1.89 bits per heavy atom. The van der Waals surface area contributed by atoms with Crippen molar-refractivity contribution in [3.8, 4) is 0 Å². The predicted octanol–water partition coefficient (Wildman–Crippen LogP) is 1.84. The van der Waals surface area contributed by atoms with Crippen molar-refractivity contribution in [2.45, 2.75) is 39.2 Å². The number of rotatable bonds is 4. The van der Waals surface area contributed by atoms with Crippen molar-refractivity contribution in [1.29, 1.82) is 0 Å². The number of nitrogens with zero attached hydrogens (tertiary/aromatic N) is 1. The molecule has 0 aromatic rings. The number of hydrogen-bond donors (Lipinski definition) is 1. The average Bonchev–Trinajstić information content (AvgIpc) is 2.36. The van der Waals surface area contributed by atoms with E-state index in [1.165, 1.54) is 12.0 Å². The lowest BCUT2D eigenvalue weighted by Crippen LogP contribution is -2.46. The van der Waals surface area contributed by atoms with Crippen LogP contribution in [-0.4, -0.2) is 35.5 Å². The molecular formula is C13H21NO4. The van der Waals surface area contributed by atoms with Crippen LogP contribution in [0.15, 0.2) is 12.0 Å². The Hall–Kier alpha value is -1.52. The van der Waals surface area contributed by atoms with Crippen LogP contribution in [0.1, 0.15) is 33.1 Å². The van der Waals surface area contributed by atoms with Crippen molar-refractivity contribution >= 4 is 12.4 Å². The van der Waals surface area contributed by atoms with E-state index >= 15 is 0 Å². The fourth-order valence-corrected chi connectivity index (χ4v) is 2.83. The quantitative estimate of drug-likeness (QED) is 0.360. The molecule has 0 saturated heterocycles. The van der Waals surface area contributed by atoms with E-state index in [1.807, 2.05) is 0 Å². The molecule has 5 heteroatoms. The van der Waals surface area contributed by atoms with Gasteiger partial charge in [0.25, 0.3) is 0 Å². The second-order valence-electron chi connectivity index (χ2n) is 4.89. The number of aliphatic hydroxyl groups is 1. The zero-order valence-corrected chi connectivity index (χ0v) is 11.1. The fourth-order valence-electron chi connectivity index (χ4n) is 2.83. The summed E-state index contributed by atoms with van der Waals surface area (Å²) in [6, 6.07) is -0.0752. The van der Waals surface area contributed by atoms with Gasteiger partial charge in [-0.15, -0.1) is 0 Å². The van der Waals surface area contributed by atoms with Crippen molar-refractivity contribution in [3.63, 3.8) is 0 Å². The zero-order chi connectivity index (χ0) is 13.7. The Balaban J connectivity index is 3.00. The van der Waals surface area contributed by atoms with E-state index in [1.54, 1.807) is 0 Å². The molecule has 1 fully saturated rings. The summed E-state index contributed by atoms with van der Waals surface area (Å²) in [5.74, 6) is -0.119. The van der Waals surface area contributed by atoms with Crippen molar-refractivity contribution in [3.05, 3.63) is 12.0 Å². The molecule has 0 aromatic heterocycles. The van der Waals surface area contributed by atoms with Crippen molar-refractivity contribution in [2.24, 2.45) is 11.8 Å². The largest absolute Gasteiger partial charge is 0.513 e. The highest BCUT2D eigenvalue weighted by Crippen LogP contribution is 2.33. The molecule has 18 heavy (non-hydrogen) atoms. The molecule has 2 atom stereocenters. The summed E-state index contributed by atoms with van der Waals surface area (Å²) in [6.45, 7) is 4.12. The molecule has 1 rings (SSSR count). The first-order chi connectivity index (χ1) is 8.56. The van der Waals surface area contributed by atoms with Gasteiger partial charge in [-0.25, -0.2) is 4.79 Å². The second kappa shape index (κ2) is 6.42. The molecule has 1 aliphatic rings. The van der Waals surface area contributed by atoms with Gasteiger partial charge < -0.3 is 14.7 Å². The van der Waals surface area contributed by atoms with Crippen LogP contribution >= 0.6 is 0 Å². The lowest BCUT2D eigenvalue weighted by Gasteiger charge is -2.40. The van der Waals surface area contributed by atoms with Crippen molar-refractivity contribution in [2.75, 3.05) is 7.11 Å². The minimum Gasteiger partial charge on any atom is -0.513 e. The van der Waals surface area contributed by atoms with Crippen LogP contribution in [0, 0.1) is 11.8 Å². The van der Waals surface area contributed by atoms with Gasteiger partial charge in [-0.05, 0) is 24.7 Å². The monoisotopic (exact) mass is 255 g/mol. The normalized spacial score (nSPS) is 28.6. The number of carbonyl (C=O) groups is 2. The maximum Gasteiger partial charge on any atom is 0.357 e. The fraction of sp³-hybridized carbons (Fsp3) is 0.692. The highest BCUT2D eigenvalue weighted by molar-refractivity contribution is 5.90. The van der Waals surface area contributed by atoms with E-state index < -0.39 is 5.97 Å². The summed E-state index contributed by atoms with van der Waals surface area (Å²) in [6.07, 6.45) is 4.40. The molecule has 0 aliphatic heterocycles. The number of methoxy groups -OCH3 is 1. The van der Waals surface area contributed by atoms with Gasteiger partial charge in [-0.3, -0.25) is 4.79 Å². The predicted molar refractivity (Wildman–Crippen MR) is 66.6 cm³/mol. The summed E-state index contributed by atoms with van der Waals surface area (Å²) in [4.78, 5) is 24.1. The Morgan fingerprint density at radius 3 is 2.28 bits per heavy atom. The summed E-state index contributed by atoms with van der Waals surface area (Å²) in [5.41, 5.74) is -0.0990. The molecule has 5 nitrogen and oxygen atoms in total. The number of aliphatic hydroxyl groups excluding tert-OH is 1. The first-order valence-electron chi connectivity index (χ1n) is 6.23. The number of carbonyl (C=O) groups excluding carboxylic acids is 2. The van der Waals surface area contributed by atoms with Gasteiger partial charge in [0.1, 0.15) is 6.26 Å². The van der Waals surface area contributed by atoms with Gasteiger partial charge in [0.2, 0.25) is 6.41 Å². The van der Waals surface area contributed by atoms with Gasteiger partial charge >= 0.3 is 5.97 Å². The van der Waals surface area contributed by atoms with Crippen LogP contribution in [0.5, 0.6) is 0 Å². The van der Waals surface area contributed by atoms with E-state index in [9.17, 15) is 9.59 Å². The summed E-state index contributed by atoms with van der Waals surface area (Å²) >= 11 is 0. The van der Waals surface area contributed by atoms with E-state index in [0.29, 0.717) is 24.5 Å². The molecule has 0 heterocycles. The molecule has 1 saturated carbocycles. The number of esters is 1. The third kappa shape index (κ3) is 2.83. The SMILES string of the molecule is COC(=O)/C(=C\O)N(C=O)C1C(C)CCCC1C. The summed E-state index contributed by atoms with van der Waals surface area (Å²) < 4.78 is 4.58. The molecule has 0 radical (unpaired) electrons. The number of amides is 1. The Labute approximate surface area is 107 Å². The van der Waals surface area contributed by atoms with Crippen LogP contribution in [-0.2, 0) is 14.3 Å². The average molecular weight is 255 g/mol. The Kier molecular flexibility index (Phi) is 5.19. The molecule has 102 valence electrons. The van der Waals surface area contributed by atoms with Gasteiger partial charge in [-0.1, -0.05) is 20.3 Å². The van der Waals surface area contributed by atoms with Crippen molar-refractivity contribution in [1.82, 2.24) is 4.90 Å². The van der Waals surface area contributed by atoms with Gasteiger partial charge in [0, 0.05) is 6.04 Å². The molecule has 1 aliphatic carbocycles. The Bertz CT molecular complexity index is 330. The van der Waals surface area contributed by atoms with Crippen LogP contribution in [0.2, 0.25) is 0 Å². The molecular weight excluding hydrogens is 234 g/mol. The van der Waals surface area contributed by atoms with E-state index in [4.69, 9.17) is 5.11 Å². The van der Waals surface area contributed by atoms with E-state index in [0.717, 1.165) is 19.3 Å². The second-order valence-corrected chi connectivity index (χ2v) is 4.89. The minimum absolute atomic E-state index is 0.0752. The third-order valence-electron chi connectivity index (χ3n) is 3.71. The lowest BCUT2D eigenvalue weighted by molar-refractivity contribution is -0.141. The molecule has 1 amide bonds. The van der Waals surface area contributed by atoms with Gasteiger partial charge in [-0.2, -0.15) is 0 Å². The maximum atomic E-state index is 11.5. The lowest BCUT2D eigenvalue weighted by atomic mass is 9.78. The van der Waals surface area contributed by atoms with Gasteiger partial charge in [0.15, 0.2) is 5.70 Å². The smallest absolute Gasteiger partial charge is 0.357 e. The van der Waals surface area contributed by atoms with Crippen LogP contribution in [0.25, 0.3) is 0 Å². The Morgan fingerprint density at radius 1 is 1.33 bits per heavy atom. The molecule has 0 aromatic carbocycles. The van der Waals surface area contributed by atoms with Crippen LogP contribution < -0.4 is 0 Å². The molecule has 1 N–H and O–H groups in total. The van der Waals surface area contributed by atoms with E-state index in [2.05, 4.69) is 18.6 Å². The first kappa shape index (κ1) is 14.5. The molecule has 2 unspecified atom stereocenters. The first-order valence-corrected chi connectivity index (χ1v) is 6.23. The highest BCUT2D eigenvalue weighted by Gasteiger charge is 2.35. The van der Waals surface area contributed by atoms with E-state index in [-0.39, 0.29) is 11.7 Å². The standard InChI is InChI=1S/C13H21NO4/c1-9-5-4-6-10(2)12(9)14(8-16)11(7-15)13(17)18-3/h7-10,12,15H,4-6H2,1-3H3/b11-7+. The minimum atomic E-state index is -0.699. The van der Waals surface area contributed by atoms with Crippen molar-refractivity contribution < 1.29 is 19.4 Å². The number of ether oxygens (including phenoxy) is 1. The summed E-state index contributed by atoms with van der Waals surface area (Å²) in [5, 5.41) is 9.17. The molecule has 0 bridgehead atoms. The zero-order valence-electron chi connectivity index (χ0n) is 11.1. The topological polar surface area (TPSA) is 66.8 Å². The van der Waals surface area contributed by atoms with Crippen LogP contribution in [0.3, 0.4) is 0 Å². The third-order valence-corrected chi connectivity index (χ3v) is 3.71. The van der Waals surface area contributed by atoms with Gasteiger partial charge in [0.05, 0.1) is 7.11 Å². The highest BCUT2D eigenvalue weighted by atomic mass is 16.5. The number of hydrogen-bond acceptors (Lipinski definition) is 4. The maximum absolute atomic E-state index is 11.5. The summed E-state index contributed by atoms with van der Waals surface area (Å²) in [7, 11) is 1.22.